The molecule has 0 saturated carbocycles. The van der Waals surface area contributed by atoms with Gasteiger partial charge >= 0.3 is 5.97 Å². The van der Waals surface area contributed by atoms with E-state index in [9.17, 15) is 15.0 Å². The van der Waals surface area contributed by atoms with Crippen LogP contribution in [0.4, 0.5) is 0 Å². The fourth-order valence-electron chi connectivity index (χ4n) is 2.18. The van der Waals surface area contributed by atoms with Gasteiger partial charge < -0.3 is 24.8 Å². The largest absolute Gasteiger partial charge is 0.461 e. The van der Waals surface area contributed by atoms with E-state index in [0.29, 0.717) is 15.9 Å². The Hall–Kier alpha value is -0.750. The van der Waals surface area contributed by atoms with Crippen LogP contribution in [0.15, 0.2) is 0 Å². The normalized spacial score (nSPS) is 28.0. The molecule has 0 radical (unpaired) electrons. The lowest BCUT2D eigenvalue weighted by molar-refractivity contribution is -0.0241. The number of ether oxygens (including phenoxy) is 2. The minimum Gasteiger partial charge on any atom is -0.461 e. The van der Waals surface area contributed by atoms with E-state index in [2.05, 4.69) is 10.2 Å². The predicted molar refractivity (Wildman–Crippen MR) is 83.2 cm³/mol. The summed E-state index contributed by atoms with van der Waals surface area (Å²) in [5.74, 6) is -0.549. The van der Waals surface area contributed by atoms with Crippen LogP contribution >= 0.6 is 22.6 Å². The second kappa shape index (κ2) is 7.68. The molecule has 9 heteroatoms. The molecule has 22 heavy (non-hydrogen) atoms. The zero-order valence-electron chi connectivity index (χ0n) is 12.0. The number of unbranched alkanes of at least 4 members (excludes halogenated alkanes) is 1. The van der Waals surface area contributed by atoms with Gasteiger partial charge in [-0.2, -0.15) is 5.10 Å². The maximum atomic E-state index is 11.9. The van der Waals surface area contributed by atoms with E-state index >= 15 is 0 Å². The first-order valence-electron chi connectivity index (χ1n) is 7.04. The predicted octanol–water partition coefficient (Wildman–Crippen LogP) is 0.125. The van der Waals surface area contributed by atoms with Crippen LogP contribution in [0, 0.1) is 3.57 Å². The van der Waals surface area contributed by atoms with Crippen molar-refractivity contribution in [3.8, 4) is 0 Å². The van der Waals surface area contributed by atoms with Crippen LogP contribution in [0.5, 0.6) is 0 Å². The average Bonchev–Trinajstić information content (AvgIpc) is 3.01. The van der Waals surface area contributed by atoms with E-state index < -0.39 is 37.0 Å². The Morgan fingerprint density at radius 2 is 2.18 bits per heavy atom. The van der Waals surface area contributed by atoms with Crippen molar-refractivity contribution in [2.75, 3.05) is 13.2 Å². The molecule has 2 heterocycles. The van der Waals surface area contributed by atoms with Gasteiger partial charge in [-0.1, -0.05) is 13.3 Å². The summed E-state index contributed by atoms with van der Waals surface area (Å²) in [6.07, 6.45) is -2.49. The molecule has 0 spiro atoms. The van der Waals surface area contributed by atoms with E-state index in [1.807, 2.05) is 29.5 Å². The number of nitrogens with zero attached hydrogens (tertiary/aromatic N) is 1. The molecule has 8 nitrogen and oxygen atoms in total. The fraction of sp³-hybridized carbons (Fsp3) is 0.692. The number of esters is 1. The number of H-pyrrole nitrogens is 1. The van der Waals surface area contributed by atoms with Gasteiger partial charge in [0.05, 0.1) is 22.5 Å². The number of aliphatic hydroxyl groups is 3. The third kappa shape index (κ3) is 3.43. The lowest BCUT2D eigenvalue weighted by atomic mass is 10.1. The number of aromatic amines is 1. The minimum absolute atomic E-state index is 0.115. The van der Waals surface area contributed by atoms with Gasteiger partial charge in [0.2, 0.25) is 0 Å². The zero-order chi connectivity index (χ0) is 16.3. The van der Waals surface area contributed by atoms with Gasteiger partial charge in [-0.25, -0.2) is 4.79 Å². The molecule has 1 aliphatic rings. The van der Waals surface area contributed by atoms with Crippen molar-refractivity contribution in [2.24, 2.45) is 0 Å². The van der Waals surface area contributed by atoms with Crippen molar-refractivity contribution in [3.63, 3.8) is 0 Å². The first kappa shape index (κ1) is 17.6. The van der Waals surface area contributed by atoms with E-state index in [0.717, 1.165) is 12.8 Å². The Kier molecular flexibility index (Phi) is 6.15. The Morgan fingerprint density at radius 1 is 1.45 bits per heavy atom. The number of aromatic nitrogens is 2. The highest BCUT2D eigenvalue weighted by atomic mass is 127. The van der Waals surface area contributed by atoms with Crippen molar-refractivity contribution in [2.45, 2.75) is 44.2 Å². The Morgan fingerprint density at radius 3 is 2.77 bits per heavy atom. The summed E-state index contributed by atoms with van der Waals surface area (Å²) in [6, 6.07) is 0. The van der Waals surface area contributed by atoms with Crippen LogP contribution in [0.2, 0.25) is 0 Å². The molecule has 0 amide bonds. The molecule has 4 atom stereocenters. The lowest BCUT2D eigenvalue weighted by Gasteiger charge is -2.13. The van der Waals surface area contributed by atoms with E-state index in [-0.39, 0.29) is 5.69 Å². The van der Waals surface area contributed by atoms with Crippen LogP contribution in [0.1, 0.15) is 42.1 Å². The van der Waals surface area contributed by atoms with Gasteiger partial charge in [-0.3, -0.25) is 5.10 Å². The smallest absolute Gasteiger partial charge is 0.359 e. The molecule has 4 N–H and O–H groups in total. The van der Waals surface area contributed by atoms with Gasteiger partial charge in [0, 0.05) is 0 Å². The third-order valence-corrected chi connectivity index (χ3v) is 4.58. The standard InChI is InChI=1S/C13H19IN2O6/c1-2-3-4-21-13(20)9-7(14)8(15-16-9)12-11(19)10(18)6(5-17)22-12/h6,10-12,17-19H,2-5H2,1H3,(H,15,16)/t6-,10-,11-,12+/m1/s1. The molecule has 0 aromatic carbocycles. The van der Waals surface area contributed by atoms with Crippen LogP contribution in [0.3, 0.4) is 0 Å². The highest BCUT2D eigenvalue weighted by molar-refractivity contribution is 14.1. The first-order valence-corrected chi connectivity index (χ1v) is 8.12. The highest BCUT2D eigenvalue weighted by Crippen LogP contribution is 2.35. The number of aliphatic hydroxyl groups excluding tert-OH is 3. The van der Waals surface area contributed by atoms with E-state index in [1.54, 1.807) is 0 Å². The molecule has 1 fully saturated rings. The summed E-state index contributed by atoms with van der Waals surface area (Å²) < 4.78 is 11.0. The summed E-state index contributed by atoms with van der Waals surface area (Å²) in [7, 11) is 0. The molecule has 1 aliphatic heterocycles. The SMILES string of the molecule is CCCCOC(=O)c1n[nH]c([C@@H]2O[C@H](CO)[C@@H](O)[C@H]2O)c1I. The summed E-state index contributed by atoms with van der Waals surface area (Å²) >= 11 is 1.91. The van der Waals surface area contributed by atoms with E-state index in [4.69, 9.17) is 14.6 Å². The van der Waals surface area contributed by atoms with Crippen LogP contribution < -0.4 is 0 Å². The Balaban J connectivity index is 2.12. The molecule has 0 bridgehead atoms. The number of hydrogen-bond acceptors (Lipinski definition) is 7. The van der Waals surface area contributed by atoms with Gasteiger partial charge in [-0.15, -0.1) is 0 Å². The number of halogens is 1. The molecule has 1 saturated heterocycles. The summed E-state index contributed by atoms with van der Waals surface area (Å²) in [5.41, 5.74) is 0.495. The quantitative estimate of drug-likeness (QED) is 0.290. The fourth-order valence-corrected chi connectivity index (χ4v) is 2.95. The molecule has 0 unspecified atom stereocenters. The molecular formula is C13H19IN2O6. The summed E-state index contributed by atoms with van der Waals surface area (Å²) in [4.78, 5) is 11.9. The topological polar surface area (TPSA) is 125 Å². The van der Waals surface area contributed by atoms with Crippen molar-refractivity contribution in [3.05, 3.63) is 15.0 Å². The monoisotopic (exact) mass is 426 g/mol. The van der Waals surface area contributed by atoms with Crippen LogP contribution in [0.25, 0.3) is 0 Å². The van der Waals surface area contributed by atoms with Gasteiger partial charge in [0.15, 0.2) is 5.69 Å². The lowest BCUT2D eigenvalue weighted by Crippen LogP contribution is -2.32. The molecule has 0 aliphatic carbocycles. The highest BCUT2D eigenvalue weighted by Gasteiger charge is 2.45. The molecule has 124 valence electrons. The van der Waals surface area contributed by atoms with Crippen molar-refractivity contribution >= 4 is 28.6 Å². The van der Waals surface area contributed by atoms with Gasteiger partial charge in [0.25, 0.3) is 0 Å². The molecule has 2 rings (SSSR count). The maximum absolute atomic E-state index is 11.9. The number of carbonyl (C=O) groups is 1. The second-order valence-corrected chi connectivity index (χ2v) is 6.13. The maximum Gasteiger partial charge on any atom is 0.359 e. The summed E-state index contributed by atoms with van der Waals surface area (Å²) in [5, 5.41) is 35.4. The van der Waals surface area contributed by atoms with Crippen LogP contribution in [-0.4, -0.2) is 63.0 Å². The Labute approximate surface area is 141 Å². The Bertz CT molecular complexity index is 523. The van der Waals surface area contributed by atoms with Crippen LogP contribution in [-0.2, 0) is 9.47 Å². The first-order chi connectivity index (χ1) is 10.5. The van der Waals surface area contributed by atoms with Gasteiger partial charge in [0.1, 0.15) is 24.4 Å². The number of carbonyl (C=O) groups excluding carboxylic acids is 1. The molecular weight excluding hydrogens is 407 g/mol. The number of rotatable bonds is 6. The minimum atomic E-state index is -1.21. The molecule has 1 aromatic heterocycles. The van der Waals surface area contributed by atoms with Crippen molar-refractivity contribution in [1.82, 2.24) is 10.2 Å². The zero-order valence-corrected chi connectivity index (χ0v) is 14.2. The third-order valence-electron chi connectivity index (χ3n) is 3.48. The average molecular weight is 426 g/mol. The second-order valence-electron chi connectivity index (χ2n) is 5.05. The number of nitrogens with one attached hydrogen (secondary N) is 1. The van der Waals surface area contributed by atoms with Gasteiger partial charge in [-0.05, 0) is 29.0 Å². The molecule has 1 aromatic rings. The summed E-state index contributed by atoms with van der Waals surface area (Å²) in [6.45, 7) is 1.90. The van der Waals surface area contributed by atoms with Crippen molar-refractivity contribution in [1.29, 1.82) is 0 Å². The number of hydrogen-bond donors (Lipinski definition) is 4. The van der Waals surface area contributed by atoms with E-state index in [1.165, 1.54) is 0 Å². The van der Waals surface area contributed by atoms with Crippen molar-refractivity contribution < 1.29 is 29.6 Å².